The van der Waals surface area contributed by atoms with Crippen LogP contribution >= 0.6 is 23.4 Å². The summed E-state index contributed by atoms with van der Waals surface area (Å²) in [5.74, 6) is -0.881. The Bertz CT molecular complexity index is 677. The van der Waals surface area contributed by atoms with Crippen molar-refractivity contribution in [1.82, 2.24) is 0 Å². The third-order valence-electron chi connectivity index (χ3n) is 2.56. The molecular weight excluding hydrogens is 294 g/mol. The van der Waals surface area contributed by atoms with E-state index in [0.29, 0.717) is 16.1 Å². The standard InChI is InChI=1S/C15H10ClNO2S/c16-13-7-11(8-15(18)19)3-6-14(13)20-12-4-1-10(9-17)2-5-12/h1-7H,8H2,(H,18,19). The predicted octanol–water partition coefficient (Wildman–Crippen LogP) is 3.99. The number of hydrogen-bond donors (Lipinski definition) is 1. The zero-order valence-electron chi connectivity index (χ0n) is 10.3. The van der Waals surface area contributed by atoms with Gasteiger partial charge in [-0.15, -0.1) is 0 Å². The Kier molecular flexibility index (Phi) is 4.67. The molecule has 0 unspecified atom stereocenters. The molecule has 1 N–H and O–H groups in total. The first-order valence-electron chi connectivity index (χ1n) is 5.77. The average molecular weight is 304 g/mol. The van der Waals surface area contributed by atoms with E-state index in [0.717, 1.165) is 9.79 Å². The molecule has 0 spiro atoms. The van der Waals surface area contributed by atoms with E-state index in [1.165, 1.54) is 11.8 Å². The van der Waals surface area contributed by atoms with E-state index in [1.807, 2.05) is 18.2 Å². The quantitative estimate of drug-likeness (QED) is 0.927. The SMILES string of the molecule is N#Cc1ccc(Sc2ccc(CC(=O)O)cc2Cl)cc1. The van der Waals surface area contributed by atoms with Gasteiger partial charge in [0.05, 0.1) is 23.1 Å². The lowest BCUT2D eigenvalue weighted by atomic mass is 10.1. The lowest BCUT2D eigenvalue weighted by Gasteiger charge is -2.06. The van der Waals surface area contributed by atoms with Crippen molar-refractivity contribution in [3.63, 3.8) is 0 Å². The number of nitriles is 1. The fraction of sp³-hybridized carbons (Fsp3) is 0.0667. The second-order valence-corrected chi connectivity index (χ2v) is 5.60. The van der Waals surface area contributed by atoms with E-state index >= 15 is 0 Å². The van der Waals surface area contributed by atoms with E-state index in [2.05, 4.69) is 6.07 Å². The molecule has 0 bridgehead atoms. The fourth-order valence-electron chi connectivity index (χ4n) is 1.64. The second kappa shape index (κ2) is 6.47. The number of carbonyl (C=O) groups is 1. The van der Waals surface area contributed by atoms with E-state index in [4.69, 9.17) is 22.0 Å². The molecule has 0 heterocycles. The Morgan fingerprint density at radius 2 is 1.95 bits per heavy atom. The van der Waals surface area contributed by atoms with Gasteiger partial charge in [-0.1, -0.05) is 29.4 Å². The van der Waals surface area contributed by atoms with Crippen molar-refractivity contribution >= 4 is 29.3 Å². The maximum atomic E-state index is 10.6. The Labute approximate surface area is 125 Å². The molecule has 0 saturated carbocycles. The van der Waals surface area contributed by atoms with E-state index in [-0.39, 0.29) is 6.42 Å². The highest BCUT2D eigenvalue weighted by molar-refractivity contribution is 7.99. The van der Waals surface area contributed by atoms with Gasteiger partial charge in [-0.05, 0) is 42.0 Å². The molecule has 0 amide bonds. The van der Waals surface area contributed by atoms with Crippen LogP contribution in [0.15, 0.2) is 52.3 Å². The van der Waals surface area contributed by atoms with E-state index in [9.17, 15) is 4.79 Å². The Morgan fingerprint density at radius 1 is 1.25 bits per heavy atom. The Balaban J connectivity index is 2.16. The van der Waals surface area contributed by atoms with E-state index < -0.39 is 5.97 Å². The maximum Gasteiger partial charge on any atom is 0.307 e. The average Bonchev–Trinajstić information content (AvgIpc) is 2.42. The van der Waals surface area contributed by atoms with Gasteiger partial charge in [-0.25, -0.2) is 0 Å². The smallest absolute Gasteiger partial charge is 0.307 e. The van der Waals surface area contributed by atoms with Crippen LogP contribution < -0.4 is 0 Å². The summed E-state index contributed by atoms with van der Waals surface area (Å²) in [6, 6.07) is 14.5. The number of aliphatic carboxylic acids is 1. The molecule has 0 aromatic heterocycles. The molecule has 20 heavy (non-hydrogen) atoms. The number of carboxylic acid groups (broad SMARTS) is 1. The molecule has 5 heteroatoms. The second-order valence-electron chi connectivity index (χ2n) is 4.07. The minimum Gasteiger partial charge on any atom is -0.481 e. The van der Waals surface area contributed by atoms with Gasteiger partial charge in [-0.2, -0.15) is 5.26 Å². The summed E-state index contributed by atoms with van der Waals surface area (Å²) in [5, 5.41) is 18.0. The summed E-state index contributed by atoms with van der Waals surface area (Å²) in [4.78, 5) is 12.5. The molecule has 2 aromatic carbocycles. The van der Waals surface area contributed by atoms with Gasteiger partial charge < -0.3 is 5.11 Å². The van der Waals surface area contributed by atoms with Crippen molar-refractivity contribution in [3.05, 3.63) is 58.6 Å². The van der Waals surface area contributed by atoms with Crippen molar-refractivity contribution < 1.29 is 9.90 Å². The van der Waals surface area contributed by atoms with Crippen molar-refractivity contribution in [2.24, 2.45) is 0 Å². The van der Waals surface area contributed by atoms with Gasteiger partial charge in [0, 0.05) is 9.79 Å². The molecule has 2 aromatic rings. The predicted molar refractivity (Wildman–Crippen MR) is 78.1 cm³/mol. The first-order valence-corrected chi connectivity index (χ1v) is 6.96. The van der Waals surface area contributed by atoms with Crippen LogP contribution in [0.5, 0.6) is 0 Å². The summed E-state index contributed by atoms with van der Waals surface area (Å²) in [7, 11) is 0. The molecule has 100 valence electrons. The third-order valence-corrected chi connectivity index (χ3v) is 4.07. The minimum atomic E-state index is -0.881. The highest BCUT2D eigenvalue weighted by Gasteiger charge is 2.06. The van der Waals surface area contributed by atoms with Gasteiger partial charge >= 0.3 is 5.97 Å². The van der Waals surface area contributed by atoms with Gasteiger partial charge in [0.25, 0.3) is 0 Å². The largest absolute Gasteiger partial charge is 0.481 e. The van der Waals surface area contributed by atoms with Gasteiger partial charge in [0.1, 0.15) is 0 Å². The van der Waals surface area contributed by atoms with Crippen molar-refractivity contribution in [3.8, 4) is 6.07 Å². The Hall–Kier alpha value is -1.96. The summed E-state index contributed by atoms with van der Waals surface area (Å²) in [5.41, 5.74) is 1.28. The topological polar surface area (TPSA) is 61.1 Å². The van der Waals surface area contributed by atoms with Crippen LogP contribution in [0, 0.1) is 11.3 Å². The monoisotopic (exact) mass is 303 g/mol. The normalized spacial score (nSPS) is 10.0. The first-order chi connectivity index (χ1) is 9.58. The minimum absolute atomic E-state index is 0.0401. The summed E-state index contributed by atoms with van der Waals surface area (Å²) in [6.45, 7) is 0. The molecule has 0 atom stereocenters. The Morgan fingerprint density at radius 3 is 2.50 bits per heavy atom. The molecule has 0 aliphatic rings. The number of hydrogen-bond acceptors (Lipinski definition) is 3. The zero-order valence-corrected chi connectivity index (χ0v) is 11.9. The molecule has 0 aliphatic heterocycles. The van der Waals surface area contributed by atoms with Crippen LogP contribution in [-0.2, 0) is 11.2 Å². The molecule has 3 nitrogen and oxygen atoms in total. The summed E-state index contributed by atoms with van der Waals surface area (Å²) < 4.78 is 0. The van der Waals surface area contributed by atoms with Gasteiger partial charge in [0.15, 0.2) is 0 Å². The molecule has 0 radical (unpaired) electrons. The number of nitrogens with zero attached hydrogens (tertiary/aromatic N) is 1. The van der Waals surface area contributed by atoms with Gasteiger partial charge in [0.2, 0.25) is 0 Å². The van der Waals surface area contributed by atoms with Crippen LogP contribution in [0.25, 0.3) is 0 Å². The lowest BCUT2D eigenvalue weighted by molar-refractivity contribution is -0.136. The van der Waals surface area contributed by atoms with Crippen LogP contribution in [0.4, 0.5) is 0 Å². The first kappa shape index (κ1) is 14.4. The van der Waals surface area contributed by atoms with Crippen LogP contribution in [0.2, 0.25) is 5.02 Å². The molecule has 2 rings (SSSR count). The number of halogens is 1. The fourth-order valence-corrected chi connectivity index (χ4v) is 2.77. The lowest BCUT2D eigenvalue weighted by Crippen LogP contribution is -1.99. The van der Waals surface area contributed by atoms with Crippen molar-refractivity contribution in [2.45, 2.75) is 16.2 Å². The highest BCUT2D eigenvalue weighted by atomic mass is 35.5. The van der Waals surface area contributed by atoms with Crippen molar-refractivity contribution in [2.75, 3.05) is 0 Å². The molecule has 0 aliphatic carbocycles. The third kappa shape index (κ3) is 3.77. The van der Waals surface area contributed by atoms with Crippen LogP contribution in [0.1, 0.15) is 11.1 Å². The summed E-state index contributed by atoms with van der Waals surface area (Å²) >= 11 is 7.63. The number of benzene rings is 2. The van der Waals surface area contributed by atoms with Gasteiger partial charge in [-0.3, -0.25) is 4.79 Å². The highest BCUT2D eigenvalue weighted by Crippen LogP contribution is 2.33. The zero-order chi connectivity index (χ0) is 14.5. The number of carboxylic acids is 1. The van der Waals surface area contributed by atoms with E-state index in [1.54, 1.807) is 24.3 Å². The van der Waals surface area contributed by atoms with Crippen LogP contribution in [0.3, 0.4) is 0 Å². The molecular formula is C15H10ClNO2S. The molecule has 0 saturated heterocycles. The summed E-state index contributed by atoms with van der Waals surface area (Å²) in [6.07, 6.45) is -0.0401. The van der Waals surface area contributed by atoms with Crippen LogP contribution in [-0.4, -0.2) is 11.1 Å². The maximum absolute atomic E-state index is 10.6. The van der Waals surface area contributed by atoms with Crippen molar-refractivity contribution in [1.29, 1.82) is 5.26 Å². The molecule has 0 fully saturated rings. The number of rotatable bonds is 4.